The molecule has 0 unspecified atom stereocenters. The average molecular weight is 199 g/mol. The van der Waals surface area contributed by atoms with Crippen LogP contribution in [0, 0.1) is 5.82 Å². The molecule has 0 heterocycles. The summed E-state index contributed by atoms with van der Waals surface area (Å²) < 4.78 is 22.9. The zero-order valence-electron chi connectivity index (χ0n) is 7.83. The Hall–Kier alpha value is -1.78. The minimum absolute atomic E-state index is 0.0139. The Bertz CT molecular complexity index is 365. The first-order chi connectivity index (χ1) is 6.61. The van der Waals surface area contributed by atoms with Gasteiger partial charge in [-0.05, 0) is 12.1 Å². The first-order valence-electron chi connectivity index (χ1n) is 3.82. The van der Waals surface area contributed by atoms with Crippen molar-refractivity contribution in [3.05, 3.63) is 23.5 Å². The standard InChI is InChI=1S/C9H10FNO3/c1-13-6-4-3-5(10)7(9(11)12)8(6)14-2/h3-4H,1-2H3,(H2,11,12). The lowest BCUT2D eigenvalue weighted by atomic mass is 10.1. The van der Waals surface area contributed by atoms with Crippen LogP contribution in [0.4, 0.5) is 4.39 Å². The van der Waals surface area contributed by atoms with Crippen molar-refractivity contribution in [3.8, 4) is 11.5 Å². The number of methoxy groups -OCH3 is 2. The minimum atomic E-state index is -0.891. The van der Waals surface area contributed by atoms with Gasteiger partial charge in [0, 0.05) is 0 Å². The molecule has 76 valence electrons. The van der Waals surface area contributed by atoms with Gasteiger partial charge in [0.1, 0.15) is 11.4 Å². The molecule has 0 saturated heterocycles. The first kappa shape index (κ1) is 10.3. The maximum Gasteiger partial charge on any atom is 0.255 e. The third-order valence-electron chi connectivity index (χ3n) is 1.74. The van der Waals surface area contributed by atoms with Crippen molar-refractivity contribution in [2.75, 3.05) is 14.2 Å². The van der Waals surface area contributed by atoms with Gasteiger partial charge in [-0.25, -0.2) is 4.39 Å². The Morgan fingerprint density at radius 3 is 2.43 bits per heavy atom. The second-order valence-electron chi connectivity index (χ2n) is 2.52. The molecular formula is C9H10FNO3. The Morgan fingerprint density at radius 2 is 2.00 bits per heavy atom. The van der Waals surface area contributed by atoms with Crippen LogP contribution in [0.2, 0.25) is 0 Å². The lowest BCUT2D eigenvalue weighted by Gasteiger charge is -2.10. The summed E-state index contributed by atoms with van der Waals surface area (Å²) in [5, 5.41) is 0. The number of amides is 1. The van der Waals surface area contributed by atoms with Gasteiger partial charge in [0.15, 0.2) is 11.5 Å². The van der Waals surface area contributed by atoms with Crippen molar-refractivity contribution in [1.29, 1.82) is 0 Å². The molecule has 0 bridgehead atoms. The van der Waals surface area contributed by atoms with E-state index in [0.29, 0.717) is 0 Å². The summed E-state index contributed by atoms with van der Waals surface area (Å²) in [5.41, 5.74) is 4.70. The van der Waals surface area contributed by atoms with Crippen LogP contribution >= 0.6 is 0 Å². The van der Waals surface area contributed by atoms with E-state index in [1.807, 2.05) is 0 Å². The summed E-state index contributed by atoms with van der Waals surface area (Å²) in [6.07, 6.45) is 0. The van der Waals surface area contributed by atoms with Crippen LogP contribution in [-0.2, 0) is 0 Å². The number of halogens is 1. The van der Waals surface area contributed by atoms with Gasteiger partial charge in [-0.1, -0.05) is 0 Å². The summed E-state index contributed by atoms with van der Waals surface area (Å²) >= 11 is 0. The van der Waals surface area contributed by atoms with Crippen molar-refractivity contribution >= 4 is 5.91 Å². The maximum absolute atomic E-state index is 13.2. The lowest BCUT2D eigenvalue weighted by molar-refractivity contribution is 0.0992. The maximum atomic E-state index is 13.2. The van der Waals surface area contributed by atoms with Crippen LogP contribution in [0.3, 0.4) is 0 Å². The third kappa shape index (κ3) is 1.61. The van der Waals surface area contributed by atoms with E-state index in [1.54, 1.807) is 0 Å². The smallest absolute Gasteiger partial charge is 0.255 e. The predicted molar refractivity (Wildman–Crippen MR) is 48.0 cm³/mol. The van der Waals surface area contributed by atoms with Crippen LogP contribution in [0.25, 0.3) is 0 Å². The van der Waals surface area contributed by atoms with Gasteiger partial charge >= 0.3 is 0 Å². The van der Waals surface area contributed by atoms with E-state index in [-0.39, 0.29) is 17.1 Å². The van der Waals surface area contributed by atoms with Crippen molar-refractivity contribution in [2.24, 2.45) is 5.73 Å². The molecule has 0 aliphatic carbocycles. The van der Waals surface area contributed by atoms with Crippen molar-refractivity contribution in [2.45, 2.75) is 0 Å². The number of rotatable bonds is 3. The second kappa shape index (κ2) is 3.95. The van der Waals surface area contributed by atoms with E-state index < -0.39 is 11.7 Å². The van der Waals surface area contributed by atoms with Gasteiger partial charge in [0.2, 0.25) is 0 Å². The van der Waals surface area contributed by atoms with Crippen molar-refractivity contribution in [3.63, 3.8) is 0 Å². The number of nitrogens with two attached hydrogens (primary N) is 1. The highest BCUT2D eigenvalue weighted by Gasteiger charge is 2.19. The topological polar surface area (TPSA) is 61.5 Å². The largest absolute Gasteiger partial charge is 0.493 e. The molecule has 0 aliphatic heterocycles. The van der Waals surface area contributed by atoms with Gasteiger partial charge in [-0.2, -0.15) is 0 Å². The molecule has 4 nitrogen and oxygen atoms in total. The lowest BCUT2D eigenvalue weighted by Crippen LogP contribution is -2.15. The molecule has 0 fully saturated rings. The number of primary amides is 1. The van der Waals surface area contributed by atoms with Crippen LogP contribution in [0.15, 0.2) is 12.1 Å². The SMILES string of the molecule is COc1ccc(F)c(C(N)=O)c1OC. The zero-order chi connectivity index (χ0) is 10.7. The molecule has 0 spiro atoms. The number of carbonyl (C=O) groups excluding carboxylic acids is 1. The molecule has 2 N–H and O–H groups in total. The molecular weight excluding hydrogens is 189 g/mol. The normalized spacial score (nSPS) is 9.64. The number of benzene rings is 1. The summed E-state index contributed by atoms with van der Waals surface area (Å²) in [6, 6.07) is 2.46. The fourth-order valence-corrected chi connectivity index (χ4v) is 1.13. The van der Waals surface area contributed by atoms with Crippen molar-refractivity contribution in [1.82, 2.24) is 0 Å². The van der Waals surface area contributed by atoms with Gasteiger partial charge in [0.05, 0.1) is 14.2 Å². The van der Waals surface area contributed by atoms with Crippen molar-refractivity contribution < 1.29 is 18.7 Å². The van der Waals surface area contributed by atoms with Crippen LogP contribution in [0.1, 0.15) is 10.4 Å². The van der Waals surface area contributed by atoms with Gasteiger partial charge in [-0.15, -0.1) is 0 Å². The van der Waals surface area contributed by atoms with E-state index >= 15 is 0 Å². The first-order valence-corrected chi connectivity index (χ1v) is 3.82. The highest BCUT2D eigenvalue weighted by Crippen LogP contribution is 2.32. The zero-order valence-corrected chi connectivity index (χ0v) is 7.83. The summed E-state index contributed by atoms with van der Waals surface area (Å²) in [5.74, 6) is -1.34. The third-order valence-corrected chi connectivity index (χ3v) is 1.74. The molecule has 0 atom stereocenters. The summed E-state index contributed by atoms with van der Waals surface area (Å²) in [4.78, 5) is 10.9. The highest BCUT2D eigenvalue weighted by atomic mass is 19.1. The number of carbonyl (C=O) groups is 1. The van der Waals surface area contributed by atoms with E-state index in [9.17, 15) is 9.18 Å². The monoisotopic (exact) mass is 199 g/mol. The number of hydrogen-bond donors (Lipinski definition) is 1. The Morgan fingerprint density at radius 1 is 1.36 bits per heavy atom. The molecule has 0 radical (unpaired) electrons. The molecule has 1 aromatic rings. The molecule has 1 rings (SSSR count). The highest BCUT2D eigenvalue weighted by molar-refractivity contribution is 5.96. The molecule has 0 aliphatic rings. The summed E-state index contributed by atoms with van der Waals surface area (Å²) in [6.45, 7) is 0. The summed E-state index contributed by atoms with van der Waals surface area (Å²) in [7, 11) is 2.70. The van der Waals surface area contributed by atoms with Gasteiger partial charge < -0.3 is 15.2 Å². The number of ether oxygens (including phenoxy) is 2. The van der Waals surface area contributed by atoms with Gasteiger partial charge in [-0.3, -0.25) is 4.79 Å². The van der Waals surface area contributed by atoms with E-state index in [0.717, 1.165) is 6.07 Å². The predicted octanol–water partition coefficient (Wildman–Crippen LogP) is 0.942. The van der Waals surface area contributed by atoms with E-state index in [1.165, 1.54) is 20.3 Å². The van der Waals surface area contributed by atoms with Crippen LogP contribution < -0.4 is 15.2 Å². The molecule has 1 amide bonds. The molecule has 0 aromatic heterocycles. The minimum Gasteiger partial charge on any atom is -0.493 e. The Labute approximate surface area is 80.4 Å². The quantitative estimate of drug-likeness (QED) is 0.788. The molecule has 14 heavy (non-hydrogen) atoms. The van der Waals surface area contributed by atoms with Gasteiger partial charge in [0.25, 0.3) is 5.91 Å². The average Bonchev–Trinajstić information content (AvgIpc) is 2.16. The molecule has 1 aromatic carbocycles. The second-order valence-corrected chi connectivity index (χ2v) is 2.52. The Kier molecular flexibility index (Phi) is 2.91. The molecule has 0 saturated carbocycles. The number of hydrogen-bond acceptors (Lipinski definition) is 3. The molecule has 5 heteroatoms. The van der Waals surface area contributed by atoms with E-state index in [4.69, 9.17) is 15.2 Å². The van der Waals surface area contributed by atoms with Crippen LogP contribution in [0.5, 0.6) is 11.5 Å². The Balaban J connectivity index is 3.42. The van der Waals surface area contributed by atoms with Crippen LogP contribution in [-0.4, -0.2) is 20.1 Å². The fourth-order valence-electron chi connectivity index (χ4n) is 1.13. The fraction of sp³-hybridized carbons (Fsp3) is 0.222. The van der Waals surface area contributed by atoms with E-state index in [2.05, 4.69) is 0 Å².